The van der Waals surface area contributed by atoms with Crippen molar-refractivity contribution >= 4 is 0 Å². The van der Waals surface area contributed by atoms with Crippen molar-refractivity contribution in [2.45, 2.75) is 27.2 Å². The normalized spacial score (nSPS) is 24.3. The Morgan fingerprint density at radius 3 is 2.57 bits per heavy atom. The summed E-state index contributed by atoms with van der Waals surface area (Å²) >= 11 is 0. The van der Waals surface area contributed by atoms with Gasteiger partial charge in [-0.15, -0.1) is 0 Å². The molecule has 2 nitrogen and oxygen atoms in total. The summed E-state index contributed by atoms with van der Waals surface area (Å²) in [6.07, 6.45) is 3.64. The second-order valence-corrected chi connectivity index (χ2v) is 4.75. The number of hydrogen-bond acceptors (Lipinski definition) is 2. The van der Waals surface area contributed by atoms with Crippen LogP contribution in [0.15, 0.2) is 11.6 Å². The second-order valence-electron chi connectivity index (χ2n) is 4.75. The number of likely N-dealkylation sites (N-methyl/N-ethyl adjacent to an activating group) is 1. The van der Waals surface area contributed by atoms with Gasteiger partial charge in [-0.3, -0.25) is 0 Å². The molecule has 0 aromatic carbocycles. The highest BCUT2D eigenvalue weighted by Gasteiger charge is 2.37. The molecule has 1 unspecified atom stereocenters. The van der Waals surface area contributed by atoms with Crippen molar-refractivity contribution in [3.63, 3.8) is 0 Å². The highest BCUT2D eigenvalue weighted by Crippen LogP contribution is 2.45. The fourth-order valence-corrected chi connectivity index (χ4v) is 2.26. The third kappa shape index (κ3) is 2.58. The Bertz CT molecular complexity index is 206. The molecule has 2 N–H and O–H groups in total. The first-order valence-electron chi connectivity index (χ1n) is 5.68. The van der Waals surface area contributed by atoms with E-state index in [1.54, 1.807) is 5.57 Å². The molecule has 0 aromatic heterocycles. The van der Waals surface area contributed by atoms with Gasteiger partial charge in [0.05, 0.1) is 0 Å². The first-order chi connectivity index (χ1) is 6.61. The van der Waals surface area contributed by atoms with Crippen LogP contribution in [0.4, 0.5) is 0 Å². The van der Waals surface area contributed by atoms with Crippen LogP contribution in [0.5, 0.6) is 0 Å². The van der Waals surface area contributed by atoms with Crippen LogP contribution in [0.3, 0.4) is 0 Å². The van der Waals surface area contributed by atoms with Gasteiger partial charge in [0.25, 0.3) is 0 Å². The number of allylic oxidation sites excluding steroid dienone is 1. The summed E-state index contributed by atoms with van der Waals surface area (Å²) in [4.78, 5) is 0. The molecule has 14 heavy (non-hydrogen) atoms. The van der Waals surface area contributed by atoms with Gasteiger partial charge in [0, 0.05) is 25.6 Å². The molecule has 0 amide bonds. The van der Waals surface area contributed by atoms with E-state index in [1.807, 2.05) is 7.05 Å². The Kier molecular flexibility index (Phi) is 4.14. The molecule has 0 saturated heterocycles. The molecule has 0 fully saturated rings. The van der Waals surface area contributed by atoms with E-state index in [0.717, 1.165) is 25.6 Å². The molecule has 0 spiro atoms. The Balaban J connectivity index is 2.27. The summed E-state index contributed by atoms with van der Waals surface area (Å²) in [7, 11) is 1.99. The van der Waals surface area contributed by atoms with Crippen LogP contribution in [0.1, 0.15) is 27.2 Å². The third-order valence-corrected chi connectivity index (χ3v) is 3.21. The minimum atomic E-state index is 0.415. The maximum Gasteiger partial charge on any atom is 0.00768 e. The van der Waals surface area contributed by atoms with E-state index in [4.69, 9.17) is 0 Å². The van der Waals surface area contributed by atoms with Crippen LogP contribution < -0.4 is 10.6 Å². The molecule has 82 valence electrons. The van der Waals surface area contributed by atoms with Gasteiger partial charge in [-0.05, 0) is 18.9 Å². The summed E-state index contributed by atoms with van der Waals surface area (Å²) < 4.78 is 0. The fraction of sp³-hybridized carbons (Fsp3) is 0.833. The first-order valence-corrected chi connectivity index (χ1v) is 5.68. The van der Waals surface area contributed by atoms with E-state index < -0.39 is 0 Å². The molecule has 0 heterocycles. The maximum atomic E-state index is 3.50. The van der Waals surface area contributed by atoms with Crippen molar-refractivity contribution in [3.8, 4) is 0 Å². The molecule has 0 saturated carbocycles. The Hall–Kier alpha value is -0.340. The van der Waals surface area contributed by atoms with Gasteiger partial charge < -0.3 is 10.6 Å². The summed E-state index contributed by atoms with van der Waals surface area (Å²) in [5.41, 5.74) is 2.05. The van der Waals surface area contributed by atoms with Crippen molar-refractivity contribution in [2.75, 3.05) is 26.7 Å². The van der Waals surface area contributed by atoms with Crippen LogP contribution in [-0.2, 0) is 0 Å². The van der Waals surface area contributed by atoms with Crippen molar-refractivity contribution in [3.05, 3.63) is 11.6 Å². The summed E-state index contributed by atoms with van der Waals surface area (Å²) in [6, 6.07) is 0. The lowest BCUT2D eigenvalue weighted by Crippen LogP contribution is -2.41. The zero-order chi connectivity index (χ0) is 10.6. The van der Waals surface area contributed by atoms with Gasteiger partial charge in [-0.25, -0.2) is 0 Å². The van der Waals surface area contributed by atoms with Gasteiger partial charge in [0.15, 0.2) is 0 Å². The monoisotopic (exact) mass is 196 g/mol. The number of hydrogen-bond donors (Lipinski definition) is 2. The van der Waals surface area contributed by atoms with Gasteiger partial charge in [0.1, 0.15) is 0 Å². The fourth-order valence-electron chi connectivity index (χ4n) is 2.26. The number of rotatable bonds is 6. The molecule has 1 aliphatic rings. The number of nitrogens with one attached hydrogen (secondary N) is 2. The SMILES string of the molecule is CCC1=CC(C)(C)C1CNCCNC. The molecule has 1 aliphatic carbocycles. The average Bonchev–Trinajstić information content (AvgIpc) is 2.14. The minimum Gasteiger partial charge on any atom is -0.318 e. The van der Waals surface area contributed by atoms with Gasteiger partial charge in [0.2, 0.25) is 0 Å². The van der Waals surface area contributed by atoms with E-state index in [-0.39, 0.29) is 0 Å². The topological polar surface area (TPSA) is 24.1 Å². The van der Waals surface area contributed by atoms with E-state index in [9.17, 15) is 0 Å². The summed E-state index contributed by atoms with van der Waals surface area (Å²) in [5, 5.41) is 6.65. The van der Waals surface area contributed by atoms with Crippen LogP contribution in [-0.4, -0.2) is 26.7 Å². The zero-order valence-corrected chi connectivity index (χ0v) is 9.98. The molecular formula is C12H24N2. The minimum absolute atomic E-state index is 0.415. The zero-order valence-electron chi connectivity index (χ0n) is 9.98. The van der Waals surface area contributed by atoms with E-state index in [0.29, 0.717) is 5.41 Å². The van der Waals surface area contributed by atoms with Crippen LogP contribution in [0.2, 0.25) is 0 Å². The Morgan fingerprint density at radius 1 is 1.36 bits per heavy atom. The standard InChI is InChI=1S/C12H24N2/c1-5-10-8-12(2,3)11(10)9-14-7-6-13-4/h8,11,13-14H,5-7,9H2,1-4H3. The van der Waals surface area contributed by atoms with Crippen molar-refractivity contribution < 1.29 is 0 Å². The lowest BCUT2D eigenvalue weighted by molar-refractivity contribution is 0.257. The molecule has 0 aliphatic heterocycles. The van der Waals surface area contributed by atoms with Crippen LogP contribution >= 0.6 is 0 Å². The third-order valence-electron chi connectivity index (χ3n) is 3.21. The van der Waals surface area contributed by atoms with E-state index >= 15 is 0 Å². The molecule has 0 bridgehead atoms. The van der Waals surface area contributed by atoms with Crippen molar-refractivity contribution in [2.24, 2.45) is 11.3 Å². The summed E-state index contributed by atoms with van der Waals surface area (Å²) in [5.74, 6) is 0.754. The molecular weight excluding hydrogens is 172 g/mol. The lowest BCUT2D eigenvalue weighted by Gasteiger charge is -2.43. The Labute approximate surface area is 88.2 Å². The highest BCUT2D eigenvalue weighted by molar-refractivity contribution is 5.27. The average molecular weight is 196 g/mol. The van der Waals surface area contributed by atoms with Gasteiger partial charge >= 0.3 is 0 Å². The molecule has 0 aromatic rings. The summed E-state index contributed by atoms with van der Waals surface area (Å²) in [6.45, 7) is 10.2. The largest absolute Gasteiger partial charge is 0.318 e. The molecule has 2 heteroatoms. The van der Waals surface area contributed by atoms with Crippen molar-refractivity contribution in [1.29, 1.82) is 0 Å². The molecule has 1 rings (SSSR count). The molecule has 1 atom stereocenters. The maximum absolute atomic E-state index is 3.50. The Morgan fingerprint density at radius 2 is 2.07 bits per heavy atom. The van der Waals surface area contributed by atoms with Crippen LogP contribution in [0, 0.1) is 11.3 Å². The highest BCUT2D eigenvalue weighted by atomic mass is 14.9. The van der Waals surface area contributed by atoms with Crippen molar-refractivity contribution in [1.82, 2.24) is 10.6 Å². The predicted molar refractivity (Wildman–Crippen MR) is 62.4 cm³/mol. The van der Waals surface area contributed by atoms with E-state index in [2.05, 4.69) is 37.5 Å². The van der Waals surface area contributed by atoms with Gasteiger partial charge in [-0.1, -0.05) is 32.4 Å². The quantitative estimate of drug-likeness (QED) is 0.500. The molecule has 0 radical (unpaired) electrons. The predicted octanol–water partition coefficient (Wildman–Crippen LogP) is 1.79. The second kappa shape index (κ2) is 4.94. The lowest BCUT2D eigenvalue weighted by atomic mass is 9.63. The van der Waals surface area contributed by atoms with Crippen LogP contribution in [0.25, 0.3) is 0 Å². The smallest absolute Gasteiger partial charge is 0.00768 e. The van der Waals surface area contributed by atoms with E-state index in [1.165, 1.54) is 6.42 Å². The van der Waals surface area contributed by atoms with Gasteiger partial charge in [-0.2, -0.15) is 0 Å². The first kappa shape index (κ1) is 11.7.